The maximum Gasteiger partial charge on any atom is 0.225 e. The Morgan fingerprint density at radius 3 is 2.65 bits per heavy atom. The molecule has 17 heavy (non-hydrogen) atoms. The quantitative estimate of drug-likeness (QED) is 0.749. The molecular formula is C9H13BrN2O3S2. The van der Waals surface area contributed by atoms with Gasteiger partial charge in [0.25, 0.3) is 0 Å². The van der Waals surface area contributed by atoms with E-state index in [-0.39, 0.29) is 12.5 Å². The third-order valence-corrected chi connectivity index (χ3v) is 4.13. The summed E-state index contributed by atoms with van der Waals surface area (Å²) in [6, 6.07) is 3.77. The second-order valence-electron chi connectivity index (χ2n) is 3.40. The number of carbonyl (C=O) groups excluding carboxylic acids is 1. The number of hydrogen-bond acceptors (Lipinski definition) is 4. The van der Waals surface area contributed by atoms with Gasteiger partial charge in [-0.3, -0.25) is 4.79 Å². The number of nitrogens with one attached hydrogen (secondary N) is 2. The highest BCUT2D eigenvalue weighted by Gasteiger charge is 2.05. The Labute approximate surface area is 113 Å². The third-order valence-electron chi connectivity index (χ3n) is 1.78. The number of amides is 1. The van der Waals surface area contributed by atoms with Crippen LogP contribution in [0.5, 0.6) is 0 Å². The zero-order chi connectivity index (χ0) is 12.9. The van der Waals surface area contributed by atoms with E-state index < -0.39 is 10.0 Å². The molecule has 0 radical (unpaired) electrons. The van der Waals surface area contributed by atoms with Gasteiger partial charge in [-0.25, -0.2) is 13.1 Å². The topological polar surface area (TPSA) is 75.3 Å². The van der Waals surface area contributed by atoms with Crippen LogP contribution in [0.1, 0.15) is 4.88 Å². The average Bonchev–Trinajstić information content (AvgIpc) is 2.57. The summed E-state index contributed by atoms with van der Waals surface area (Å²) in [4.78, 5) is 12.4. The monoisotopic (exact) mass is 340 g/mol. The fraction of sp³-hybridized carbons (Fsp3) is 0.444. The van der Waals surface area contributed by atoms with E-state index in [0.29, 0.717) is 13.0 Å². The van der Waals surface area contributed by atoms with Gasteiger partial charge in [-0.1, -0.05) is 0 Å². The Bertz CT molecular complexity index is 484. The minimum absolute atomic E-state index is 0.116. The van der Waals surface area contributed by atoms with Gasteiger partial charge in [-0.2, -0.15) is 0 Å². The molecule has 0 saturated carbocycles. The van der Waals surface area contributed by atoms with Crippen LogP contribution < -0.4 is 10.0 Å². The number of hydrogen-bond donors (Lipinski definition) is 2. The molecule has 96 valence electrons. The summed E-state index contributed by atoms with van der Waals surface area (Å²) in [7, 11) is -3.18. The first-order valence-corrected chi connectivity index (χ1v) is 8.32. The molecule has 5 nitrogen and oxygen atoms in total. The number of thiophene rings is 1. The molecule has 0 aliphatic carbocycles. The van der Waals surface area contributed by atoms with E-state index in [1.54, 1.807) is 0 Å². The summed E-state index contributed by atoms with van der Waals surface area (Å²) < 4.78 is 24.8. The van der Waals surface area contributed by atoms with Gasteiger partial charge in [0.15, 0.2) is 0 Å². The molecule has 8 heteroatoms. The molecule has 1 rings (SSSR count). The van der Waals surface area contributed by atoms with Crippen molar-refractivity contribution in [1.82, 2.24) is 10.0 Å². The van der Waals surface area contributed by atoms with E-state index in [1.807, 2.05) is 12.1 Å². The van der Waals surface area contributed by atoms with Crippen LogP contribution in [0.3, 0.4) is 0 Å². The van der Waals surface area contributed by atoms with Gasteiger partial charge in [0.2, 0.25) is 15.9 Å². The molecule has 1 amide bonds. The zero-order valence-electron chi connectivity index (χ0n) is 9.20. The third kappa shape index (κ3) is 6.77. The van der Waals surface area contributed by atoms with Crippen molar-refractivity contribution in [3.05, 3.63) is 20.8 Å². The summed E-state index contributed by atoms with van der Waals surface area (Å²) in [5, 5.41) is 2.64. The Kier molecular flexibility index (Phi) is 5.57. The maximum absolute atomic E-state index is 11.4. The second kappa shape index (κ2) is 6.48. The largest absolute Gasteiger partial charge is 0.354 e. The zero-order valence-corrected chi connectivity index (χ0v) is 12.4. The van der Waals surface area contributed by atoms with Crippen LogP contribution in [0.2, 0.25) is 0 Å². The molecule has 0 unspecified atom stereocenters. The van der Waals surface area contributed by atoms with Crippen molar-refractivity contribution in [2.24, 2.45) is 0 Å². The van der Waals surface area contributed by atoms with Gasteiger partial charge < -0.3 is 5.32 Å². The highest BCUT2D eigenvalue weighted by atomic mass is 79.9. The molecule has 0 aromatic carbocycles. The molecule has 1 heterocycles. The Hall–Kier alpha value is -0.440. The fourth-order valence-electron chi connectivity index (χ4n) is 1.11. The summed E-state index contributed by atoms with van der Waals surface area (Å²) in [6.45, 7) is 0.497. The van der Waals surface area contributed by atoms with Crippen LogP contribution >= 0.6 is 27.3 Å². The number of halogens is 1. The van der Waals surface area contributed by atoms with Crippen molar-refractivity contribution in [3.63, 3.8) is 0 Å². The Balaban J connectivity index is 2.22. The van der Waals surface area contributed by atoms with E-state index in [2.05, 4.69) is 26.0 Å². The van der Waals surface area contributed by atoms with Crippen molar-refractivity contribution in [1.29, 1.82) is 0 Å². The van der Waals surface area contributed by atoms with Crippen LogP contribution in [0.15, 0.2) is 15.9 Å². The minimum atomic E-state index is -3.18. The molecule has 0 spiro atoms. The van der Waals surface area contributed by atoms with E-state index in [4.69, 9.17) is 0 Å². The normalized spacial score (nSPS) is 11.4. The molecule has 0 bridgehead atoms. The Morgan fingerprint density at radius 1 is 1.41 bits per heavy atom. The molecule has 1 aromatic rings. The van der Waals surface area contributed by atoms with Crippen molar-refractivity contribution in [3.8, 4) is 0 Å². The van der Waals surface area contributed by atoms with Crippen LogP contribution in [0.25, 0.3) is 0 Å². The van der Waals surface area contributed by atoms with Gasteiger partial charge in [0, 0.05) is 18.0 Å². The molecule has 0 fully saturated rings. The van der Waals surface area contributed by atoms with Gasteiger partial charge in [0.05, 0.1) is 16.5 Å². The minimum Gasteiger partial charge on any atom is -0.354 e. The van der Waals surface area contributed by atoms with Crippen molar-refractivity contribution < 1.29 is 13.2 Å². The van der Waals surface area contributed by atoms with Gasteiger partial charge in [0.1, 0.15) is 0 Å². The fourth-order valence-corrected chi connectivity index (χ4v) is 3.06. The van der Waals surface area contributed by atoms with E-state index in [0.717, 1.165) is 14.9 Å². The predicted octanol–water partition coefficient (Wildman–Crippen LogP) is 0.719. The van der Waals surface area contributed by atoms with Crippen LogP contribution in [0.4, 0.5) is 0 Å². The van der Waals surface area contributed by atoms with Crippen molar-refractivity contribution >= 4 is 43.2 Å². The average molecular weight is 341 g/mol. The standard InChI is InChI=1S/C9H13BrN2O3S2/c1-17(14,15)12-5-4-11-9(13)6-7-2-3-8(10)16-7/h2-3,12H,4-6H2,1H3,(H,11,13). The number of sulfonamides is 1. The summed E-state index contributed by atoms with van der Waals surface area (Å²) in [6.07, 6.45) is 1.40. The lowest BCUT2D eigenvalue weighted by molar-refractivity contribution is -0.120. The molecule has 2 N–H and O–H groups in total. The molecule has 0 aliphatic rings. The molecular weight excluding hydrogens is 328 g/mol. The van der Waals surface area contributed by atoms with Gasteiger partial charge >= 0.3 is 0 Å². The first-order valence-electron chi connectivity index (χ1n) is 4.82. The highest BCUT2D eigenvalue weighted by molar-refractivity contribution is 9.11. The summed E-state index contributed by atoms with van der Waals surface area (Å²) >= 11 is 4.82. The van der Waals surface area contributed by atoms with Crippen molar-refractivity contribution in [2.75, 3.05) is 19.3 Å². The van der Waals surface area contributed by atoms with Gasteiger partial charge in [-0.05, 0) is 28.1 Å². The van der Waals surface area contributed by atoms with Crippen LogP contribution in [0, 0.1) is 0 Å². The lowest BCUT2D eigenvalue weighted by Crippen LogP contribution is -2.34. The lowest BCUT2D eigenvalue weighted by Gasteiger charge is -2.04. The SMILES string of the molecule is CS(=O)(=O)NCCNC(=O)Cc1ccc(Br)s1. The van der Waals surface area contributed by atoms with Crippen LogP contribution in [-0.4, -0.2) is 33.7 Å². The van der Waals surface area contributed by atoms with Crippen LogP contribution in [-0.2, 0) is 21.2 Å². The number of rotatable bonds is 6. The molecule has 0 aliphatic heterocycles. The van der Waals surface area contributed by atoms with Crippen molar-refractivity contribution in [2.45, 2.75) is 6.42 Å². The molecule has 1 aromatic heterocycles. The van der Waals surface area contributed by atoms with Gasteiger partial charge in [-0.15, -0.1) is 11.3 Å². The van der Waals surface area contributed by atoms with E-state index >= 15 is 0 Å². The summed E-state index contributed by atoms with van der Waals surface area (Å²) in [5.74, 6) is -0.116. The molecule has 0 saturated heterocycles. The van der Waals surface area contributed by atoms with E-state index in [1.165, 1.54) is 11.3 Å². The van der Waals surface area contributed by atoms with E-state index in [9.17, 15) is 13.2 Å². The Morgan fingerprint density at radius 2 is 2.12 bits per heavy atom. The first kappa shape index (κ1) is 14.6. The highest BCUT2D eigenvalue weighted by Crippen LogP contribution is 2.22. The summed E-state index contributed by atoms with van der Waals surface area (Å²) in [5.41, 5.74) is 0. The smallest absolute Gasteiger partial charge is 0.225 e. The maximum atomic E-state index is 11.4. The second-order valence-corrected chi connectivity index (χ2v) is 7.78. The lowest BCUT2D eigenvalue weighted by atomic mass is 10.3. The predicted molar refractivity (Wildman–Crippen MR) is 71.6 cm³/mol. The first-order chi connectivity index (χ1) is 7.87. The molecule has 0 atom stereocenters. The number of carbonyl (C=O) groups is 1.